The Morgan fingerprint density at radius 1 is 0.333 bits per heavy atom. The average molecular weight is 265 g/mol. The van der Waals surface area contributed by atoms with E-state index < -0.39 is 0 Å². The first-order valence-corrected chi connectivity index (χ1v) is 0. The van der Waals surface area contributed by atoms with Gasteiger partial charge in [-0.05, 0) is 0 Å². The van der Waals surface area contributed by atoms with Gasteiger partial charge in [-0.3, -0.25) is 0 Å². The van der Waals surface area contributed by atoms with Crippen molar-refractivity contribution in [2.45, 2.75) is 0 Å². The van der Waals surface area contributed by atoms with Gasteiger partial charge in [0.25, 0.3) is 0 Å². The van der Waals surface area contributed by atoms with Crippen LogP contribution in [0.4, 0.5) is 0 Å². The van der Waals surface area contributed by atoms with E-state index in [4.69, 9.17) is 0 Å². The Morgan fingerprint density at radius 2 is 0.333 bits per heavy atom. The molecule has 0 spiro atoms. The molecule has 0 aromatic carbocycles. The van der Waals surface area contributed by atoms with Crippen molar-refractivity contribution in [3.63, 3.8) is 0 Å². The number of rotatable bonds is 0. The van der Waals surface area contributed by atoms with Crippen molar-refractivity contribution >= 4 is 88.7 Å². The molecular formula is Na3Zn3. The van der Waals surface area contributed by atoms with Gasteiger partial charge in [0.15, 0.2) is 0 Å². The summed E-state index contributed by atoms with van der Waals surface area (Å²) < 4.78 is 0. The molecule has 0 aromatic heterocycles. The molecule has 0 aromatic rings. The first-order valence-electron chi connectivity index (χ1n) is 0. The van der Waals surface area contributed by atoms with Crippen LogP contribution in [0.15, 0.2) is 0 Å². The summed E-state index contributed by atoms with van der Waals surface area (Å²) in [6.45, 7) is 0. The van der Waals surface area contributed by atoms with Crippen LogP contribution in [0.25, 0.3) is 0 Å². The third kappa shape index (κ3) is 23.2. The van der Waals surface area contributed by atoms with E-state index in [2.05, 4.69) is 0 Å². The Balaban J connectivity index is 0. The van der Waals surface area contributed by atoms with E-state index in [1.54, 1.807) is 0 Å². The fourth-order valence-electron chi connectivity index (χ4n) is 0. The molecule has 0 saturated carbocycles. The largest absolute Gasteiger partial charge is 0 e. The van der Waals surface area contributed by atoms with Crippen molar-refractivity contribution in [1.29, 1.82) is 0 Å². The van der Waals surface area contributed by atoms with Gasteiger partial charge in [0.05, 0.1) is 0 Å². The molecular weight excluding hydrogens is 265 g/mol. The van der Waals surface area contributed by atoms with Crippen molar-refractivity contribution in [2.75, 3.05) is 0 Å². The van der Waals surface area contributed by atoms with Crippen LogP contribution in [0.2, 0.25) is 0 Å². The Labute approximate surface area is 143 Å². The maximum Gasteiger partial charge on any atom is 0 e. The molecule has 6 heavy (non-hydrogen) atoms. The van der Waals surface area contributed by atoms with Gasteiger partial charge >= 0.3 is 0 Å². The summed E-state index contributed by atoms with van der Waals surface area (Å²) in [5, 5.41) is 0. The zero-order chi connectivity index (χ0) is 0. The first-order chi connectivity index (χ1) is 0. The predicted molar refractivity (Wildman–Crippen MR) is 17.3 cm³/mol. The Kier molecular flexibility index (Phi) is 244. The molecule has 6 heteroatoms. The molecule has 0 aliphatic rings. The summed E-state index contributed by atoms with van der Waals surface area (Å²) in [5.74, 6) is 0. The first kappa shape index (κ1) is 44.6. The minimum absolute atomic E-state index is 0. The fraction of sp³-hybridized carbons (Fsp3) is 0. The van der Waals surface area contributed by atoms with Crippen molar-refractivity contribution < 1.29 is 58.4 Å². The fourth-order valence-corrected chi connectivity index (χ4v) is 0. The van der Waals surface area contributed by atoms with Crippen LogP contribution in [0.3, 0.4) is 0 Å². The molecule has 0 aliphatic heterocycles. The Hall–Kier alpha value is 4.87. The van der Waals surface area contributed by atoms with Gasteiger partial charge in [0.1, 0.15) is 0 Å². The zero-order valence-corrected chi connectivity index (χ0v) is 20.0. The number of hydrogen-bond donors (Lipinski definition) is 0. The van der Waals surface area contributed by atoms with E-state index in [0.717, 1.165) is 0 Å². The van der Waals surface area contributed by atoms with E-state index in [9.17, 15) is 0 Å². The van der Waals surface area contributed by atoms with Crippen LogP contribution in [0, 0.1) is 0 Å². The van der Waals surface area contributed by atoms with E-state index in [-0.39, 0.29) is 147 Å². The molecule has 9 valence electrons. The minimum atomic E-state index is 0. The molecule has 0 aliphatic carbocycles. The van der Waals surface area contributed by atoms with Crippen molar-refractivity contribution in [2.24, 2.45) is 0 Å². The van der Waals surface area contributed by atoms with E-state index >= 15 is 0 Å². The second kappa shape index (κ2) is 32.7. The Morgan fingerprint density at radius 3 is 0.333 bits per heavy atom. The molecule has 0 atom stereocenters. The molecule has 0 amide bonds. The van der Waals surface area contributed by atoms with E-state index in [1.807, 2.05) is 0 Å². The molecule has 3 radical (unpaired) electrons. The van der Waals surface area contributed by atoms with Gasteiger partial charge in [0.2, 0.25) is 0 Å². The quantitative estimate of drug-likeness (QED) is 0.485. The van der Waals surface area contributed by atoms with Gasteiger partial charge < -0.3 is 0 Å². The van der Waals surface area contributed by atoms with Gasteiger partial charge in [-0.2, -0.15) is 0 Å². The van der Waals surface area contributed by atoms with E-state index in [1.165, 1.54) is 0 Å². The summed E-state index contributed by atoms with van der Waals surface area (Å²) >= 11 is 0. The van der Waals surface area contributed by atoms with Gasteiger partial charge in [-0.15, -0.1) is 0 Å². The SMILES string of the molecule is [Na].[Na].[Na].[Zn].[Zn].[Zn]. The Bertz CT molecular complexity index is 6.00. The summed E-state index contributed by atoms with van der Waals surface area (Å²) in [6, 6.07) is 0. The van der Waals surface area contributed by atoms with Crippen molar-refractivity contribution in [1.82, 2.24) is 0 Å². The topological polar surface area (TPSA) is 0 Å². The van der Waals surface area contributed by atoms with Gasteiger partial charge in [0, 0.05) is 147 Å². The van der Waals surface area contributed by atoms with Crippen LogP contribution in [-0.4, -0.2) is 88.7 Å². The monoisotopic (exact) mass is 261 g/mol. The third-order valence-electron chi connectivity index (χ3n) is 0. The van der Waals surface area contributed by atoms with Crippen LogP contribution < -0.4 is 0 Å². The predicted octanol–water partition coefficient (Wildman–Crippen LogP) is -1.15. The zero-order valence-electron chi connectivity index (χ0n) is 5.12. The van der Waals surface area contributed by atoms with Crippen molar-refractivity contribution in [3.05, 3.63) is 0 Å². The summed E-state index contributed by atoms with van der Waals surface area (Å²) in [6.07, 6.45) is 0. The molecule has 0 heterocycles. The minimum Gasteiger partial charge on any atom is 0 e. The molecule has 0 bridgehead atoms. The second-order valence-corrected chi connectivity index (χ2v) is 0. The van der Waals surface area contributed by atoms with Crippen LogP contribution in [0.1, 0.15) is 0 Å². The second-order valence-electron chi connectivity index (χ2n) is 0. The average Bonchev–Trinajstić information content (AvgIpc) is 0. The normalized spacial score (nSPS) is 0. The van der Waals surface area contributed by atoms with Crippen LogP contribution in [0.5, 0.6) is 0 Å². The molecule has 0 unspecified atom stereocenters. The van der Waals surface area contributed by atoms with E-state index in [0.29, 0.717) is 0 Å². The van der Waals surface area contributed by atoms with Gasteiger partial charge in [-0.25, -0.2) is 0 Å². The summed E-state index contributed by atoms with van der Waals surface area (Å²) in [7, 11) is 0. The third-order valence-corrected chi connectivity index (χ3v) is 0. The smallest absolute Gasteiger partial charge is 0 e. The molecule has 0 N–H and O–H groups in total. The maximum absolute atomic E-state index is 0. The summed E-state index contributed by atoms with van der Waals surface area (Å²) in [4.78, 5) is 0. The standard InChI is InChI=1S/3Na.3Zn. The summed E-state index contributed by atoms with van der Waals surface area (Å²) in [5.41, 5.74) is 0. The molecule has 0 fully saturated rings. The molecule has 0 rings (SSSR count). The van der Waals surface area contributed by atoms with Crippen molar-refractivity contribution in [3.8, 4) is 0 Å². The number of hydrogen-bond acceptors (Lipinski definition) is 0. The molecule has 0 saturated heterocycles. The van der Waals surface area contributed by atoms with Gasteiger partial charge in [-0.1, -0.05) is 0 Å². The van der Waals surface area contributed by atoms with Crippen LogP contribution in [-0.2, 0) is 58.4 Å². The molecule has 0 nitrogen and oxygen atoms in total. The van der Waals surface area contributed by atoms with Crippen LogP contribution >= 0.6 is 0 Å². The maximum atomic E-state index is 0.